The molecule has 1 aromatic rings. The van der Waals surface area contributed by atoms with E-state index in [0.29, 0.717) is 5.82 Å². The number of pyridine rings is 1. The van der Waals surface area contributed by atoms with Gasteiger partial charge in [0.05, 0.1) is 5.92 Å². The SMILES string of the molecule is Nc1cc(CC2CCC2C(=O)O)ccn1. The van der Waals surface area contributed by atoms with Crippen LogP contribution in [0.25, 0.3) is 0 Å². The Kier molecular flexibility index (Phi) is 2.58. The summed E-state index contributed by atoms with van der Waals surface area (Å²) in [6.45, 7) is 0. The van der Waals surface area contributed by atoms with E-state index in [9.17, 15) is 4.79 Å². The van der Waals surface area contributed by atoms with E-state index in [1.54, 1.807) is 6.20 Å². The molecule has 1 fully saturated rings. The molecule has 4 nitrogen and oxygen atoms in total. The van der Waals surface area contributed by atoms with E-state index in [2.05, 4.69) is 4.98 Å². The maximum Gasteiger partial charge on any atom is 0.306 e. The predicted molar refractivity (Wildman–Crippen MR) is 56.2 cm³/mol. The Labute approximate surface area is 88.1 Å². The van der Waals surface area contributed by atoms with E-state index >= 15 is 0 Å². The smallest absolute Gasteiger partial charge is 0.306 e. The minimum Gasteiger partial charge on any atom is -0.481 e. The number of carbonyl (C=O) groups is 1. The van der Waals surface area contributed by atoms with Gasteiger partial charge in [-0.15, -0.1) is 0 Å². The number of anilines is 1. The van der Waals surface area contributed by atoms with Crippen LogP contribution in [0.1, 0.15) is 18.4 Å². The summed E-state index contributed by atoms with van der Waals surface area (Å²) in [5.41, 5.74) is 6.64. The highest BCUT2D eigenvalue weighted by Crippen LogP contribution is 2.36. The van der Waals surface area contributed by atoms with E-state index < -0.39 is 5.97 Å². The molecule has 3 N–H and O–H groups in total. The molecule has 0 bridgehead atoms. The van der Waals surface area contributed by atoms with Crippen LogP contribution in [0.4, 0.5) is 5.82 Å². The Morgan fingerprint density at radius 3 is 2.93 bits per heavy atom. The average Bonchev–Trinajstić information content (AvgIpc) is 2.11. The highest BCUT2D eigenvalue weighted by Gasteiger charge is 2.36. The zero-order valence-electron chi connectivity index (χ0n) is 8.39. The molecule has 2 unspecified atom stereocenters. The quantitative estimate of drug-likeness (QED) is 0.781. The largest absolute Gasteiger partial charge is 0.481 e. The summed E-state index contributed by atoms with van der Waals surface area (Å²) in [4.78, 5) is 14.7. The van der Waals surface area contributed by atoms with E-state index in [4.69, 9.17) is 10.8 Å². The Balaban J connectivity index is 2.00. The Bertz CT molecular complexity index is 379. The van der Waals surface area contributed by atoms with Crippen molar-refractivity contribution in [3.8, 4) is 0 Å². The second kappa shape index (κ2) is 3.88. The molecule has 2 rings (SSSR count). The van der Waals surface area contributed by atoms with Crippen LogP contribution in [-0.2, 0) is 11.2 Å². The van der Waals surface area contributed by atoms with Crippen molar-refractivity contribution in [2.24, 2.45) is 11.8 Å². The molecule has 1 aromatic heterocycles. The van der Waals surface area contributed by atoms with Gasteiger partial charge in [0.25, 0.3) is 0 Å². The first-order valence-electron chi connectivity index (χ1n) is 5.10. The number of hydrogen-bond donors (Lipinski definition) is 2. The van der Waals surface area contributed by atoms with Crippen molar-refractivity contribution in [3.63, 3.8) is 0 Å². The zero-order chi connectivity index (χ0) is 10.8. The molecule has 1 aliphatic carbocycles. The molecule has 1 heterocycles. The summed E-state index contributed by atoms with van der Waals surface area (Å²) in [7, 11) is 0. The molecule has 0 aromatic carbocycles. The maximum atomic E-state index is 10.8. The molecule has 0 spiro atoms. The Morgan fingerprint density at radius 2 is 2.40 bits per heavy atom. The van der Waals surface area contributed by atoms with Crippen LogP contribution in [0.3, 0.4) is 0 Å². The zero-order valence-corrected chi connectivity index (χ0v) is 8.39. The predicted octanol–water partition coefficient (Wildman–Crippen LogP) is 1.32. The molecule has 0 aliphatic heterocycles. The first kappa shape index (κ1) is 9.96. The third-order valence-corrected chi connectivity index (χ3v) is 3.08. The minimum atomic E-state index is -0.673. The summed E-state index contributed by atoms with van der Waals surface area (Å²) in [6, 6.07) is 3.71. The number of hydrogen-bond acceptors (Lipinski definition) is 3. The van der Waals surface area contributed by atoms with E-state index in [1.807, 2.05) is 12.1 Å². The topological polar surface area (TPSA) is 76.2 Å². The highest BCUT2D eigenvalue weighted by molar-refractivity contribution is 5.71. The van der Waals surface area contributed by atoms with Crippen molar-refractivity contribution in [3.05, 3.63) is 23.9 Å². The van der Waals surface area contributed by atoms with Crippen molar-refractivity contribution in [1.29, 1.82) is 0 Å². The summed E-state index contributed by atoms with van der Waals surface area (Å²) < 4.78 is 0. The first-order chi connectivity index (χ1) is 7.16. The number of aliphatic carboxylic acids is 1. The molecule has 1 saturated carbocycles. The minimum absolute atomic E-state index is 0.167. The van der Waals surface area contributed by atoms with E-state index in [-0.39, 0.29) is 11.8 Å². The molecule has 0 radical (unpaired) electrons. The van der Waals surface area contributed by atoms with Gasteiger partial charge >= 0.3 is 5.97 Å². The molecule has 15 heavy (non-hydrogen) atoms. The fourth-order valence-corrected chi connectivity index (χ4v) is 2.06. The summed E-state index contributed by atoms with van der Waals surface area (Å²) in [5.74, 6) is -0.0735. The Morgan fingerprint density at radius 1 is 1.60 bits per heavy atom. The third-order valence-electron chi connectivity index (χ3n) is 3.08. The van der Waals surface area contributed by atoms with Crippen molar-refractivity contribution in [2.45, 2.75) is 19.3 Å². The standard InChI is InChI=1S/C11H14N2O2/c12-10-6-7(3-4-13-10)5-8-1-2-9(8)11(14)15/h3-4,6,8-9H,1-2,5H2,(H2,12,13)(H,14,15). The van der Waals surface area contributed by atoms with Gasteiger partial charge in [-0.1, -0.05) is 0 Å². The van der Waals surface area contributed by atoms with Gasteiger partial charge in [0, 0.05) is 6.20 Å². The highest BCUT2D eigenvalue weighted by atomic mass is 16.4. The number of carboxylic acid groups (broad SMARTS) is 1. The lowest BCUT2D eigenvalue weighted by Crippen LogP contribution is -2.34. The van der Waals surface area contributed by atoms with Crippen molar-refractivity contribution < 1.29 is 9.90 Å². The van der Waals surface area contributed by atoms with Crippen molar-refractivity contribution in [2.75, 3.05) is 5.73 Å². The summed E-state index contributed by atoms with van der Waals surface area (Å²) >= 11 is 0. The lowest BCUT2D eigenvalue weighted by Gasteiger charge is -2.33. The van der Waals surface area contributed by atoms with Crippen LogP contribution in [0.2, 0.25) is 0 Å². The van der Waals surface area contributed by atoms with Crippen LogP contribution in [-0.4, -0.2) is 16.1 Å². The monoisotopic (exact) mass is 206 g/mol. The maximum absolute atomic E-state index is 10.8. The Hall–Kier alpha value is -1.58. The summed E-state index contributed by atoms with van der Waals surface area (Å²) in [5, 5.41) is 8.90. The second-order valence-electron chi connectivity index (χ2n) is 4.08. The van der Waals surface area contributed by atoms with Gasteiger partial charge in [-0.25, -0.2) is 4.98 Å². The van der Waals surface area contributed by atoms with E-state index in [0.717, 1.165) is 24.8 Å². The van der Waals surface area contributed by atoms with Gasteiger partial charge in [0.1, 0.15) is 5.82 Å². The lowest BCUT2D eigenvalue weighted by atomic mass is 9.71. The molecular formula is C11H14N2O2. The van der Waals surface area contributed by atoms with Gasteiger partial charge in [-0.05, 0) is 42.9 Å². The molecule has 0 amide bonds. The van der Waals surface area contributed by atoms with Gasteiger partial charge in [0.2, 0.25) is 0 Å². The molecular weight excluding hydrogens is 192 g/mol. The number of carboxylic acids is 1. The number of nitrogen functional groups attached to an aromatic ring is 1. The van der Waals surface area contributed by atoms with Crippen molar-refractivity contribution >= 4 is 11.8 Å². The number of rotatable bonds is 3. The second-order valence-corrected chi connectivity index (χ2v) is 4.08. The third kappa shape index (κ3) is 2.09. The van der Waals surface area contributed by atoms with Gasteiger partial charge < -0.3 is 10.8 Å². The van der Waals surface area contributed by atoms with Gasteiger partial charge in [0.15, 0.2) is 0 Å². The molecule has 2 atom stereocenters. The van der Waals surface area contributed by atoms with Crippen LogP contribution >= 0.6 is 0 Å². The fourth-order valence-electron chi connectivity index (χ4n) is 2.06. The van der Waals surface area contributed by atoms with Gasteiger partial charge in [-0.3, -0.25) is 4.79 Å². The van der Waals surface area contributed by atoms with E-state index in [1.165, 1.54) is 0 Å². The van der Waals surface area contributed by atoms with Gasteiger partial charge in [-0.2, -0.15) is 0 Å². The first-order valence-corrected chi connectivity index (χ1v) is 5.10. The fraction of sp³-hybridized carbons (Fsp3) is 0.455. The number of aromatic nitrogens is 1. The molecule has 1 aliphatic rings. The lowest BCUT2D eigenvalue weighted by molar-refractivity contribution is -0.147. The normalized spacial score (nSPS) is 24.5. The number of nitrogens with two attached hydrogens (primary N) is 1. The molecule has 80 valence electrons. The van der Waals surface area contributed by atoms with Crippen LogP contribution < -0.4 is 5.73 Å². The van der Waals surface area contributed by atoms with Crippen LogP contribution in [0.15, 0.2) is 18.3 Å². The van der Waals surface area contributed by atoms with Crippen LogP contribution in [0, 0.1) is 11.8 Å². The molecule has 4 heteroatoms. The van der Waals surface area contributed by atoms with Crippen molar-refractivity contribution in [1.82, 2.24) is 4.98 Å². The number of nitrogens with zero attached hydrogens (tertiary/aromatic N) is 1. The summed E-state index contributed by atoms with van der Waals surface area (Å²) in [6.07, 6.45) is 4.27. The molecule has 0 saturated heterocycles. The average molecular weight is 206 g/mol. The van der Waals surface area contributed by atoms with Crippen LogP contribution in [0.5, 0.6) is 0 Å².